The lowest BCUT2D eigenvalue weighted by Gasteiger charge is -2.08. The van der Waals surface area contributed by atoms with Gasteiger partial charge in [-0.05, 0) is 54.4 Å². The minimum Gasteiger partial charge on any atom is -0.492 e. The van der Waals surface area contributed by atoms with E-state index in [2.05, 4.69) is 10.1 Å². The number of hydrogen-bond acceptors (Lipinski definition) is 6. The van der Waals surface area contributed by atoms with Crippen molar-refractivity contribution in [1.29, 1.82) is 0 Å². The van der Waals surface area contributed by atoms with Gasteiger partial charge in [-0.1, -0.05) is 17.3 Å². The van der Waals surface area contributed by atoms with E-state index in [-0.39, 0.29) is 24.9 Å². The van der Waals surface area contributed by atoms with Crippen molar-refractivity contribution < 1.29 is 32.3 Å². The zero-order valence-corrected chi connectivity index (χ0v) is 15.7. The number of aromatic amines is 1. The summed E-state index contributed by atoms with van der Waals surface area (Å²) in [5.41, 5.74) is 1.14. The first-order valence-electron chi connectivity index (χ1n) is 8.69. The Morgan fingerprint density at radius 1 is 1.10 bits per heavy atom. The molecular formula is C20H17F3N2O5. The van der Waals surface area contributed by atoms with Crippen LogP contribution in [0.15, 0.2) is 62.9 Å². The monoisotopic (exact) mass is 422 g/mol. The molecule has 0 spiro atoms. The Labute approximate surface area is 168 Å². The predicted molar refractivity (Wildman–Crippen MR) is 100 cm³/mol. The number of halogens is 3. The molecule has 2 N–H and O–H groups in total. The third kappa shape index (κ3) is 5.43. The Morgan fingerprint density at radius 3 is 2.33 bits per heavy atom. The number of nitrogens with one attached hydrogen (secondary N) is 1. The SMILES string of the molecule is CC(=NOCc1ccc(C(F)(F)F)cc1)c1ccc(OCc2oc(=O)[nH]c2O)cc1. The average molecular weight is 422 g/mol. The van der Waals surface area contributed by atoms with Gasteiger partial charge in [0, 0.05) is 0 Å². The topological polar surface area (TPSA) is 97.0 Å². The molecule has 0 aliphatic rings. The largest absolute Gasteiger partial charge is 0.492 e. The van der Waals surface area contributed by atoms with E-state index in [1.165, 1.54) is 12.1 Å². The molecular weight excluding hydrogens is 405 g/mol. The summed E-state index contributed by atoms with van der Waals surface area (Å²) in [5.74, 6) is -0.701. The number of nitrogens with zero attached hydrogens (tertiary/aromatic N) is 1. The van der Waals surface area contributed by atoms with Gasteiger partial charge >= 0.3 is 11.9 Å². The molecule has 0 aliphatic carbocycles. The number of oxime groups is 1. The molecule has 0 amide bonds. The van der Waals surface area contributed by atoms with Gasteiger partial charge in [0.2, 0.25) is 11.6 Å². The summed E-state index contributed by atoms with van der Waals surface area (Å²) in [7, 11) is 0. The van der Waals surface area contributed by atoms with Gasteiger partial charge in [-0.3, -0.25) is 4.98 Å². The quantitative estimate of drug-likeness (QED) is 0.439. The maximum absolute atomic E-state index is 12.6. The summed E-state index contributed by atoms with van der Waals surface area (Å²) in [6.07, 6.45) is -4.38. The average Bonchev–Trinajstić information content (AvgIpc) is 3.03. The molecule has 2 aromatic carbocycles. The third-order valence-electron chi connectivity index (χ3n) is 4.06. The van der Waals surface area contributed by atoms with Crippen molar-refractivity contribution in [2.75, 3.05) is 0 Å². The van der Waals surface area contributed by atoms with Gasteiger partial charge in [0.25, 0.3) is 0 Å². The van der Waals surface area contributed by atoms with Gasteiger partial charge in [-0.15, -0.1) is 0 Å². The highest BCUT2D eigenvalue weighted by Crippen LogP contribution is 2.29. The lowest BCUT2D eigenvalue weighted by molar-refractivity contribution is -0.137. The zero-order chi connectivity index (χ0) is 21.7. The summed E-state index contributed by atoms with van der Waals surface area (Å²) >= 11 is 0. The Balaban J connectivity index is 1.53. The first-order chi connectivity index (χ1) is 14.2. The molecule has 1 heterocycles. The van der Waals surface area contributed by atoms with E-state index in [1.807, 2.05) is 0 Å². The van der Waals surface area contributed by atoms with Crippen molar-refractivity contribution in [2.45, 2.75) is 26.3 Å². The van der Waals surface area contributed by atoms with Crippen LogP contribution in [0.2, 0.25) is 0 Å². The number of H-pyrrole nitrogens is 1. The van der Waals surface area contributed by atoms with Gasteiger partial charge in [0.1, 0.15) is 12.4 Å². The van der Waals surface area contributed by atoms with Crippen molar-refractivity contribution in [1.82, 2.24) is 4.98 Å². The lowest BCUT2D eigenvalue weighted by Crippen LogP contribution is -2.04. The Morgan fingerprint density at radius 2 is 1.77 bits per heavy atom. The number of aromatic hydroxyl groups is 1. The van der Waals surface area contributed by atoms with Crippen molar-refractivity contribution in [3.63, 3.8) is 0 Å². The summed E-state index contributed by atoms with van der Waals surface area (Å²) in [6.45, 7) is 1.62. The molecule has 3 rings (SSSR count). The molecule has 3 aromatic rings. The van der Waals surface area contributed by atoms with Crippen LogP contribution >= 0.6 is 0 Å². The number of aromatic nitrogens is 1. The van der Waals surface area contributed by atoms with E-state index >= 15 is 0 Å². The minimum atomic E-state index is -4.38. The van der Waals surface area contributed by atoms with Gasteiger partial charge in [0.15, 0.2) is 6.61 Å². The highest BCUT2D eigenvalue weighted by molar-refractivity contribution is 5.98. The summed E-state index contributed by atoms with van der Waals surface area (Å²) in [5, 5.41) is 13.4. The molecule has 0 saturated carbocycles. The summed E-state index contributed by atoms with van der Waals surface area (Å²) in [6, 6.07) is 11.4. The van der Waals surface area contributed by atoms with E-state index in [4.69, 9.17) is 14.0 Å². The molecule has 0 radical (unpaired) electrons. The van der Waals surface area contributed by atoms with E-state index in [0.29, 0.717) is 17.0 Å². The smallest absolute Gasteiger partial charge is 0.419 e. The Kier molecular flexibility index (Phi) is 6.14. The van der Waals surface area contributed by atoms with Gasteiger partial charge in [0.05, 0.1) is 11.3 Å². The van der Waals surface area contributed by atoms with Crippen LogP contribution in [0.3, 0.4) is 0 Å². The highest BCUT2D eigenvalue weighted by atomic mass is 19.4. The summed E-state index contributed by atoms with van der Waals surface area (Å²) in [4.78, 5) is 18.3. The van der Waals surface area contributed by atoms with Crippen molar-refractivity contribution in [3.8, 4) is 11.6 Å². The van der Waals surface area contributed by atoms with E-state index in [9.17, 15) is 23.1 Å². The van der Waals surface area contributed by atoms with Crippen molar-refractivity contribution in [3.05, 3.63) is 81.5 Å². The van der Waals surface area contributed by atoms with Crippen molar-refractivity contribution in [2.24, 2.45) is 5.16 Å². The second kappa shape index (κ2) is 8.76. The van der Waals surface area contributed by atoms with Crippen LogP contribution in [0.5, 0.6) is 11.6 Å². The predicted octanol–water partition coefficient (Wildman–Crippen LogP) is 4.21. The van der Waals surface area contributed by atoms with Gasteiger partial charge in [-0.25, -0.2) is 4.79 Å². The number of benzene rings is 2. The van der Waals surface area contributed by atoms with Gasteiger partial charge < -0.3 is 19.1 Å². The first-order valence-corrected chi connectivity index (χ1v) is 8.69. The fourth-order valence-corrected chi connectivity index (χ4v) is 2.44. The van der Waals surface area contributed by atoms with E-state index in [0.717, 1.165) is 17.7 Å². The molecule has 0 unspecified atom stereocenters. The van der Waals surface area contributed by atoms with Crippen LogP contribution in [0.4, 0.5) is 13.2 Å². The number of rotatable bonds is 7. The number of hydrogen-bond donors (Lipinski definition) is 2. The lowest BCUT2D eigenvalue weighted by atomic mass is 10.1. The first kappa shape index (κ1) is 21.0. The van der Waals surface area contributed by atoms with Crippen LogP contribution in [-0.2, 0) is 24.2 Å². The maximum Gasteiger partial charge on any atom is 0.419 e. The molecule has 158 valence electrons. The molecule has 0 bridgehead atoms. The highest BCUT2D eigenvalue weighted by Gasteiger charge is 2.29. The molecule has 1 aromatic heterocycles. The van der Waals surface area contributed by atoms with Gasteiger partial charge in [-0.2, -0.15) is 13.2 Å². The zero-order valence-electron chi connectivity index (χ0n) is 15.7. The second-order valence-corrected chi connectivity index (χ2v) is 6.24. The second-order valence-electron chi connectivity index (χ2n) is 6.24. The standard InChI is InChI=1S/C20H17F3N2O5/c1-12(25-29-10-13-2-6-15(7-3-13)20(21,22)23)14-4-8-16(9-5-14)28-11-17-18(26)24-19(27)30-17/h2-9,26H,10-11H2,1H3,(H,24,27). The summed E-state index contributed by atoms with van der Waals surface area (Å²) < 4.78 is 47.8. The number of ether oxygens (including phenoxy) is 1. The minimum absolute atomic E-state index is 0.0153. The van der Waals surface area contributed by atoms with E-state index < -0.39 is 17.5 Å². The molecule has 0 fully saturated rings. The molecule has 30 heavy (non-hydrogen) atoms. The third-order valence-corrected chi connectivity index (χ3v) is 4.06. The Hall–Kier alpha value is -3.69. The molecule has 7 nitrogen and oxygen atoms in total. The fraction of sp³-hybridized carbons (Fsp3) is 0.200. The van der Waals surface area contributed by atoms with Crippen LogP contribution in [0, 0.1) is 0 Å². The van der Waals surface area contributed by atoms with Crippen LogP contribution < -0.4 is 10.5 Å². The molecule has 0 aliphatic heterocycles. The fourth-order valence-electron chi connectivity index (χ4n) is 2.44. The van der Waals surface area contributed by atoms with Crippen LogP contribution in [0.1, 0.15) is 29.4 Å². The number of alkyl halides is 3. The maximum atomic E-state index is 12.6. The van der Waals surface area contributed by atoms with Crippen molar-refractivity contribution >= 4 is 5.71 Å². The van der Waals surface area contributed by atoms with Crippen LogP contribution in [0.25, 0.3) is 0 Å². The molecule has 0 saturated heterocycles. The van der Waals surface area contributed by atoms with E-state index in [1.54, 1.807) is 31.2 Å². The van der Waals surface area contributed by atoms with Crippen LogP contribution in [-0.4, -0.2) is 15.8 Å². The molecule has 0 atom stereocenters. The Bertz CT molecular complexity index is 1070. The normalized spacial score (nSPS) is 12.1. The number of oxazole rings is 1. The molecule has 10 heteroatoms.